The van der Waals surface area contributed by atoms with Gasteiger partial charge in [0.05, 0.1) is 18.2 Å². The van der Waals surface area contributed by atoms with E-state index in [1.165, 1.54) is 0 Å². The molecule has 1 rings (SSSR count). The molecule has 0 aliphatic heterocycles. The van der Waals surface area contributed by atoms with Crippen LogP contribution < -0.4 is 10.1 Å². The van der Waals surface area contributed by atoms with Crippen LogP contribution in [0.5, 0.6) is 5.75 Å². The Morgan fingerprint density at radius 3 is 2.60 bits per heavy atom. The molecule has 25 heavy (non-hydrogen) atoms. The first-order valence-corrected chi connectivity index (χ1v) is 8.62. The monoisotopic (exact) mass is 347 g/mol. The van der Waals surface area contributed by atoms with Gasteiger partial charge >= 0.3 is 6.09 Å². The number of benzene rings is 1. The van der Waals surface area contributed by atoms with Gasteiger partial charge in [0.25, 0.3) is 0 Å². The summed E-state index contributed by atoms with van der Waals surface area (Å²) in [7, 11) is 0. The van der Waals surface area contributed by atoms with Crippen LogP contribution >= 0.6 is 0 Å². The number of amides is 1. The molecule has 1 aromatic rings. The summed E-state index contributed by atoms with van der Waals surface area (Å²) in [6.45, 7) is 9.22. The van der Waals surface area contributed by atoms with Gasteiger partial charge in [-0.3, -0.25) is 0 Å². The van der Waals surface area contributed by atoms with E-state index in [1.54, 1.807) is 6.92 Å². The number of hydrogen-bond donors (Lipinski definition) is 2. The minimum absolute atomic E-state index is 0.0690. The average molecular weight is 347 g/mol. The summed E-state index contributed by atoms with van der Waals surface area (Å²) in [6, 6.07) is 7.09. The van der Waals surface area contributed by atoms with Gasteiger partial charge in [-0.2, -0.15) is 0 Å². The van der Waals surface area contributed by atoms with Crippen molar-refractivity contribution >= 4 is 6.09 Å². The lowest BCUT2D eigenvalue weighted by Crippen LogP contribution is -2.38. The van der Waals surface area contributed by atoms with Crippen molar-refractivity contribution in [1.29, 1.82) is 0 Å². The van der Waals surface area contributed by atoms with Crippen molar-refractivity contribution in [2.75, 3.05) is 6.61 Å². The first kappa shape index (κ1) is 20.9. The Morgan fingerprint density at radius 1 is 1.32 bits per heavy atom. The zero-order valence-electron chi connectivity index (χ0n) is 15.8. The number of carbonyl (C=O) groups is 1. The van der Waals surface area contributed by atoms with Gasteiger partial charge in [0, 0.05) is 0 Å². The molecule has 0 saturated carbocycles. The number of aliphatic hydroxyl groups is 1. The molecule has 0 radical (unpaired) electrons. The number of hydrogen-bond acceptors (Lipinski definition) is 4. The fourth-order valence-electron chi connectivity index (χ4n) is 2.01. The van der Waals surface area contributed by atoms with Crippen LogP contribution in [0.25, 0.3) is 0 Å². The Hall–Kier alpha value is -2.19. The topological polar surface area (TPSA) is 67.8 Å². The molecule has 0 heterocycles. The standard InChI is InChI=1S/C20H29NO4/c1-6-9-17(21-19(23)25-20(3,4)5)13-12-16-10-7-8-11-18(16)24-15(2)14-22/h7-8,10-11,15,17,22H,6,9,14H2,1-5H3,(H,21,23)/t15-,17?/m0/s1. The Balaban J connectivity index is 2.88. The molecule has 0 fully saturated rings. The van der Waals surface area contributed by atoms with E-state index < -0.39 is 11.7 Å². The maximum absolute atomic E-state index is 12.0. The maximum Gasteiger partial charge on any atom is 0.408 e. The van der Waals surface area contributed by atoms with Gasteiger partial charge in [0.2, 0.25) is 0 Å². The van der Waals surface area contributed by atoms with E-state index in [-0.39, 0.29) is 18.8 Å². The van der Waals surface area contributed by atoms with Gasteiger partial charge in [-0.25, -0.2) is 4.79 Å². The van der Waals surface area contributed by atoms with Gasteiger partial charge < -0.3 is 19.9 Å². The highest BCUT2D eigenvalue weighted by Gasteiger charge is 2.18. The lowest BCUT2D eigenvalue weighted by atomic mass is 10.1. The third kappa shape index (κ3) is 8.46. The van der Waals surface area contributed by atoms with Crippen LogP contribution in [-0.2, 0) is 4.74 Å². The highest BCUT2D eigenvalue weighted by Crippen LogP contribution is 2.18. The number of alkyl carbamates (subject to hydrolysis) is 1. The first-order chi connectivity index (χ1) is 11.7. The van der Waals surface area contributed by atoms with E-state index in [0.717, 1.165) is 18.4 Å². The Labute approximate surface area is 150 Å². The van der Waals surface area contributed by atoms with Crippen LogP contribution in [0.3, 0.4) is 0 Å². The van der Waals surface area contributed by atoms with Gasteiger partial charge in [0.15, 0.2) is 0 Å². The molecule has 2 atom stereocenters. The zero-order chi connectivity index (χ0) is 18.9. The fraction of sp³-hybridized carbons (Fsp3) is 0.550. The van der Waals surface area contributed by atoms with Crippen molar-refractivity contribution in [3.63, 3.8) is 0 Å². The SMILES string of the molecule is CCCC(C#Cc1ccccc1O[C@@H](C)CO)NC(=O)OC(C)(C)C. The van der Waals surface area contributed by atoms with Crippen molar-refractivity contribution in [2.24, 2.45) is 0 Å². The van der Waals surface area contributed by atoms with Crippen LogP contribution in [0.1, 0.15) is 53.0 Å². The number of nitrogens with one attached hydrogen (secondary N) is 1. The largest absolute Gasteiger partial charge is 0.487 e. The highest BCUT2D eigenvalue weighted by molar-refractivity contribution is 5.68. The summed E-state index contributed by atoms with van der Waals surface area (Å²) < 4.78 is 11.0. The number of ether oxygens (including phenoxy) is 2. The molecule has 0 aromatic heterocycles. The molecule has 0 spiro atoms. The summed E-state index contributed by atoms with van der Waals surface area (Å²) in [5, 5.41) is 11.9. The van der Waals surface area contributed by atoms with Gasteiger partial charge in [-0.1, -0.05) is 37.3 Å². The molecule has 138 valence electrons. The lowest BCUT2D eigenvalue weighted by molar-refractivity contribution is 0.0514. The molecule has 2 N–H and O–H groups in total. The van der Waals surface area contributed by atoms with Crippen molar-refractivity contribution in [3.8, 4) is 17.6 Å². The Morgan fingerprint density at radius 2 is 2.00 bits per heavy atom. The molecular formula is C20H29NO4. The van der Waals surface area contributed by atoms with Crippen molar-refractivity contribution in [1.82, 2.24) is 5.32 Å². The van der Waals surface area contributed by atoms with Crippen LogP contribution in [0, 0.1) is 11.8 Å². The van der Waals surface area contributed by atoms with E-state index in [2.05, 4.69) is 17.2 Å². The van der Waals surface area contributed by atoms with Crippen molar-refractivity contribution < 1.29 is 19.4 Å². The molecular weight excluding hydrogens is 318 g/mol. The summed E-state index contributed by atoms with van der Waals surface area (Å²) >= 11 is 0. The van der Waals surface area contributed by atoms with Crippen LogP contribution in [0.4, 0.5) is 4.79 Å². The van der Waals surface area contributed by atoms with E-state index in [4.69, 9.17) is 14.6 Å². The van der Waals surface area contributed by atoms with Crippen molar-refractivity contribution in [2.45, 2.75) is 65.2 Å². The minimum Gasteiger partial charge on any atom is -0.487 e. The third-order valence-corrected chi connectivity index (χ3v) is 3.12. The lowest BCUT2D eigenvalue weighted by Gasteiger charge is -2.21. The summed E-state index contributed by atoms with van der Waals surface area (Å²) in [5.41, 5.74) is 0.171. The highest BCUT2D eigenvalue weighted by atomic mass is 16.6. The van der Waals surface area contributed by atoms with Crippen LogP contribution in [0.15, 0.2) is 24.3 Å². The molecule has 1 unspecified atom stereocenters. The number of rotatable bonds is 6. The predicted octanol–water partition coefficient (Wildman–Crippen LogP) is 3.49. The summed E-state index contributed by atoms with van der Waals surface area (Å²) in [4.78, 5) is 12.0. The summed E-state index contributed by atoms with van der Waals surface area (Å²) in [5.74, 6) is 6.76. The first-order valence-electron chi connectivity index (χ1n) is 8.62. The molecule has 5 nitrogen and oxygen atoms in total. The fourth-order valence-corrected chi connectivity index (χ4v) is 2.01. The van der Waals surface area contributed by atoms with E-state index in [1.807, 2.05) is 52.0 Å². The second-order valence-electron chi connectivity index (χ2n) is 6.86. The zero-order valence-corrected chi connectivity index (χ0v) is 15.8. The average Bonchev–Trinajstić information content (AvgIpc) is 2.52. The number of aliphatic hydroxyl groups excluding tert-OH is 1. The molecule has 0 aliphatic carbocycles. The van der Waals surface area contributed by atoms with Crippen molar-refractivity contribution in [3.05, 3.63) is 29.8 Å². The van der Waals surface area contributed by atoms with E-state index in [0.29, 0.717) is 5.75 Å². The Bertz CT molecular complexity index is 610. The van der Waals surface area contributed by atoms with Gasteiger partial charge in [-0.05, 0) is 46.2 Å². The van der Waals surface area contributed by atoms with E-state index >= 15 is 0 Å². The molecule has 5 heteroatoms. The number of para-hydroxylation sites is 1. The van der Waals surface area contributed by atoms with Crippen LogP contribution in [0.2, 0.25) is 0 Å². The minimum atomic E-state index is -0.546. The third-order valence-electron chi connectivity index (χ3n) is 3.12. The van der Waals surface area contributed by atoms with Gasteiger partial charge in [-0.15, -0.1) is 0 Å². The quantitative estimate of drug-likeness (QED) is 0.773. The van der Waals surface area contributed by atoms with E-state index in [9.17, 15) is 4.79 Å². The molecule has 0 saturated heterocycles. The molecule has 0 bridgehead atoms. The molecule has 1 amide bonds. The predicted molar refractivity (Wildman–Crippen MR) is 98.6 cm³/mol. The summed E-state index contributed by atoms with van der Waals surface area (Å²) in [6.07, 6.45) is 0.824. The second-order valence-corrected chi connectivity index (χ2v) is 6.86. The maximum atomic E-state index is 12.0. The molecule has 1 aromatic carbocycles. The second kappa shape index (κ2) is 9.95. The van der Waals surface area contributed by atoms with Gasteiger partial charge in [0.1, 0.15) is 17.5 Å². The Kier molecular flexibility index (Phi) is 8.30. The smallest absolute Gasteiger partial charge is 0.408 e. The van der Waals surface area contributed by atoms with Crippen LogP contribution in [-0.4, -0.2) is 35.6 Å². The normalized spacial score (nSPS) is 13.2. The number of carbonyl (C=O) groups excluding carboxylic acids is 1. The molecule has 0 aliphatic rings.